The van der Waals surface area contributed by atoms with Crippen LogP contribution in [0, 0.1) is 0 Å². The molecule has 0 unspecified atom stereocenters. The number of nitrogens with one attached hydrogen (secondary N) is 2. The fourth-order valence-electron chi connectivity index (χ4n) is 1.14. The monoisotopic (exact) mass is 162 g/mol. The van der Waals surface area contributed by atoms with Crippen molar-refractivity contribution in [2.45, 2.75) is 24.7 Å². The first-order valence-electron chi connectivity index (χ1n) is 3.61. The molecule has 0 spiro atoms. The van der Waals surface area contributed by atoms with E-state index in [0.717, 1.165) is 0 Å². The Morgan fingerprint density at radius 2 is 2.27 bits per heavy atom. The second-order valence-electron chi connectivity index (χ2n) is 2.91. The van der Waals surface area contributed by atoms with Gasteiger partial charge in [0.05, 0.1) is 12.6 Å². The van der Waals surface area contributed by atoms with Crippen LogP contribution in [-0.4, -0.2) is 46.2 Å². The molecule has 3 atom stereocenters. The first-order chi connectivity index (χ1) is 5.11. The van der Waals surface area contributed by atoms with E-state index in [1.54, 1.807) is 6.92 Å². The van der Waals surface area contributed by atoms with E-state index in [2.05, 4.69) is 10.9 Å². The third-order valence-corrected chi connectivity index (χ3v) is 2.19. The van der Waals surface area contributed by atoms with Crippen LogP contribution in [0.5, 0.6) is 0 Å². The van der Waals surface area contributed by atoms with E-state index in [0.29, 0.717) is 0 Å². The molecular formula is C6H14N2O3. The summed E-state index contributed by atoms with van der Waals surface area (Å²) in [5.41, 5.74) is 4.01. The lowest BCUT2D eigenvalue weighted by Crippen LogP contribution is -2.69. The topological polar surface area (TPSA) is 84.8 Å². The van der Waals surface area contributed by atoms with Crippen molar-refractivity contribution < 1.29 is 15.3 Å². The summed E-state index contributed by atoms with van der Waals surface area (Å²) in [4.78, 5) is 0. The predicted molar refractivity (Wildman–Crippen MR) is 38.6 cm³/mol. The Morgan fingerprint density at radius 1 is 1.64 bits per heavy atom. The standard InChI is InChI=1S/C6H14N2O3/c1-4-6(11,3-9)5(10)2-7-8-4/h4-5,7-11H,2-3H2,1H3/t4-,5-,6+/m1/s1. The second-order valence-corrected chi connectivity index (χ2v) is 2.91. The molecule has 66 valence electrons. The number of aliphatic hydroxyl groups is 3. The fraction of sp³-hybridized carbons (Fsp3) is 1.00. The first-order valence-corrected chi connectivity index (χ1v) is 3.61. The average molecular weight is 162 g/mol. The van der Waals surface area contributed by atoms with Crippen LogP contribution in [0.25, 0.3) is 0 Å². The first kappa shape index (κ1) is 8.89. The summed E-state index contributed by atoms with van der Waals surface area (Å²) in [6, 6.07) is -0.365. The highest BCUT2D eigenvalue weighted by Gasteiger charge is 2.43. The van der Waals surface area contributed by atoms with Gasteiger partial charge in [-0.05, 0) is 6.92 Å². The van der Waals surface area contributed by atoms with E-state index in [1.807, 2.05) is 0 Å². The second kappa shape index (κ2) is 3.04. The van der Waals surface area contributed by atoms with Crippen molar-refractivity contribution >= 4 is 0 Å². The molecule has 5 nitrogen and oxygen atoms in total. The number of aliphatic hydroxyl groups excluding tert-OH is 2. The molecule has 1 aliphatic rings. The lowest BCUT2D eigenvalue weighted by atomic mass is 9.89. The summed E-state index contributed by atoms with van der Waals surface area (Å²) < 4.78 is 0. The van der Waals surface area contributed by atoms with Gasteiger partial charge in [0.25, 0.3) is 0 Å². The van der Waals surface area contributed by atoms with Gasteiger partial charge in [-0.2, -0.15) is 0 Å². The Morgan fingerprint density at radius 3 is 2.64 bits per heavy atom. The van der Waals surface area contributed by atoms with Crippen LogP contribution in [0.2, 0.25) is 0 Å². The molecule has 0 aliphatic carbocycles. The van der Waals surface area contributed by atoms with Gasteiger partial charge in [-0.25, -0.2) is 0 Å². The van der Waals surface area contributed by atoms with Crippen LogP contribution >= 0.6 is 0 Å². The van der Waals surface area contributed by atoms with Gasteiger partial charge in [0, 0.05) is 6.54 Å². The van der Waals surface area contributed by atoms with Crippen molar-refractivity contribution in [2.75, 3.05) is 13.2 Å². The summed E-state index contributed by atoms with van der Waals surface area (Å²) in [7, 11) is 0. The van der Waals surface area contributed by atoms with Gasteiger partial charge in [0.15, 0.2) is 0 Å². The van der Waals surface area contributed by atoms with Gasteiger partial charge in [-0.1, -0.05) is 0 Å². The van der Waals surface area contributed by atoms with E-state index in [1.165, 1.54) is 0 Å². The molecule has 0 aromatic carbocycles. The molecule has 0 aromatic heterocycles. The molecule has 0 bridgehead atoms. The van der Waals surface area contributed by atoms with Crippen molar-refractivity contribution in [3.63, 3.8) is 0 Å². The van der Waals surface area contributed by atoms with Crippen LogP contribution in [0.4, 0.5) is 0 Å². The summed E-state index contributed by atoms with van der Waals surface area (Å²) in [6.45, 7) is 1.48. The van der Waals surface area contributed by atoms with Gasteiger partial charge in [-0.15, -0.1) is 0 Å². The minimum absolute atomic E-state index is 0.238. The molecule has 1 saturated heterocycles. The lowest BCUT2D eigenvalue weighted by Gasteiger charge is -2.41. The third-order valence-electron chi connectivity index (χ3n) is 2.19. The Labute approximate surface area is 65.0 Å². The van der Waals surface area contributed by atoms with Crippen LogP contribution < -0.4 is 10.9 Å². The highest BCUT2D eigenvalue weighted by atomic mass is 16.4. The predicted octanol–water partition coefficient (Wildman–Crippen LogP) is -2.43. The Bertz CT molecular complexity index is 132. The van der Waals surface area contributed by atoms with E-state index >= 15 is 0 Å². The zero-order valence-corrected chi connectivity index (χ0v) is 6.41. The van der Waals surface area contributed by atoms with Gasteiger partial charge < -0.3 is 15.3 Å². The molecule has 1 fully saturated rings. The zero-order valence-electron chi connectivity index (χ0n) is 6.41. The van der Waals surface area contributed by atoms with E-state index in [-0.39, 0.29) is 12.6 Å². The minimum atomic E-state index is -1.43. The molecule has 5 heteroatoms. The number of hydrogen-bond donors (Lipinski definition) is 5. The summed E-state index contributed by atoms with van der Waals surface area (Å²) in [6.07, 6.45) is -0.927. The largest absolute Gasteiger partial charge is 0.393 e. The van der Waals surface area contributed by atoms with Gasteiger partial charge >= 0.3 is 0 Å². The Hall–Kier alpha value is -0.200. The molecule has 1 rings (SSSR count). The molecule has 0 saturated carbocycles. The van der Waals surface area contributed by atoms with Gasteiger partial charge in [0.2, 0.25) is 0 Å². The molecular weight excluding hydrogens is 148 g/mol. The highest BCUT2D eigenvalue weighted by Crippen LogP contribution is 2.17. The molecule has 5 N–H and O–H groups in total. The minimum Gasteiger partial charge on any atom is -0.393 e. The van der Waals surface area contributed by atoms with E-state index in [4.69, 9.17) is 5.11 Å². The molecule has 0 amide bonds. The maximum absolute atomic E-state index is 9.61. The van der Waals surface area contributed by atoms with Gasteiger partial charge in [0.1, 0.15) is 11.7 Å². The zero-order chi connectivity index (χ0) is 8.48. The smallest absolute Gasteiger partial charge is 0.131 e. The van der Waals surface area contributed by atoms with Crippen LogP contribution in [0.3, 0.4) is 0 Å². The molecule has 0 aromatic rings. The van der Waals surface area contributed by atoms with Crippen LogP contribution in [-0.2, 0) is 0 Å². The van der Waals surface area contributed by atoms with Crippen molar-refractivity contribution in [1.29, 1.82) is 0 Å². The lowest BCUT2D eigenvalue weighted by molar-refractivity contribution is -0.140. The van der Waals surface area contributed by atoms with Crippen molar-refractivity contribution in [2.24, 2.45) is 0 Å². The summed E-state index contributed by atoms with van der Waals surface area (Å²) >= 11 is 0. The Balaban J connectivity index is 2.69. The van der Waals surface area contributed by atoms with Crippen molar-refractivity contribution in [3.8, 4) is 0 Å². The van der Waals surface area contributed by atoms with E-state index < -0.39 is 18.3 Å². The number of β-amino-alcohol motifs (C(OH)–C–C–N with tert-alkyl or cyclic N) is 1. The fourth-order valence-corrected chi connectivity index (χ4v) is 1.14. The van der Waals surface area contributed by atoms with Crippen molar-refractivity contribution in [1.82, 2.24) is 10.9 Å². The SMILES string of the molecule is C[C@H]1NNC[C@@H](O)[C@]1(O)CO. The average Bonchev–Trinajstić information content (AvgIpc) is 2.00. The molecule has 1 heterocycles. The maximum Gasteiger partial charge on any atom is 0.131 e. The summed E-state index contributed by atoms with van der Waals surface area (Å²) in [5, 5.41) is 27.7. The summed E-state index contributed by atoms with van der Waals surface area (Å²) in [5.74, 6) is 0. The normalized spacial score (nSPS) is 45.8. The molecule has 0 radical (unpaired) electrons. The highest BCUT2D eigenvalue weighted by molar-refractivity contribution is 4.97. The quantitative estimate of drug-likeness (QED) is 0.296. The van der Waals surface area contributed by atoms with Crippen molar-refractivity contribution in [3.05, 3.63) is 0 Å². The molecule has 11 heavy (non-hydrogen) atoms. The number of rotatable bonds is 1. The maximum atomic E-state index is 9.61. The Kier molecular flexibility index (Phi) is 2.46. The van der Waals surface area contributed by atoms with E-state index in [9.17, 15) is 10.2 Å². The number of hydrazine groups is 1. The van der Waals surface area contributed by atoms with Gasteiger partial charge in [-0.3, -0.25) is 10.9 Å². The number of hydrogen-bond acceptors (Lipinski definition) is 5. The van der Waals surface area contributed by atoms with Crippen LogP contribution in [0.1, 0.15) is 6.92 Å². The molecule has 1 aliphatic heterocycles. The third kappa shape index (κ3) is 1.38. The van der Waals surface area contributed by atoms with Crippen LogP contribution in [0.15, 0.2) is 0 Å².